The van der Waals surface area contributed by atoms with Gasteiger partial charge in [-0.2, -0.15) is 0 Å². The van der Waals surface area contributed by atoms with Crippen LogP contribution in [-0.2, 0) is 0 Å². The summed E-state index contributed by atoms with van der Waals surface area (Å²) < 4.78 is 26.6. The van der Waals surface area contributed by atoms with E-state index in [-0.39, 0.29) is 17.6 Å². The molecule has 2 rings (SSSR count). The van der Waals surface area contributed by atoms with Crippen molar-refractivity contribution in [1.82, 2.24) is 10.6 Å². The molecule has 104 valence electrons. The fraction of sp³-hybridized carbons (Fsp3) is 0.500. The Labute approximate surface area is 111 Å². The van der Waals surface area contributed by atoms with Gasteiger partial charge in [0.2, 0.25) is 0 Å². The van der Waals surface area contributed by atoms with Crippen molar-refractivity contribution in [1.29, 1.82) is 0 Å². The van der Waals surface area contributed by atoms with Gasteiger partial charge in [0.25, 0.3) is 5.91 Å². The van der Waals surface area contributed by atoms with Gasteiger partial charge < -0.3 is 10.6 Å². The third kappa shape index (κ3) is 3.10. The molecule has 0 radical (unpaired) electrons. The highest BCUT2D eigenvalue weighted by Gasteiger charge is 2.27. The Morgan fingerprint density at radius 3 is 2.74 bits per heavy atom. The summed E-state index contributed by atoms with van der Waals surface area (Å²) >= 11 is 0. The topological polar surface area (TPSA) is 41.1 Å². The summed E-state index contributed by atoms with van der Waals surface area (Å²) in [5.74, 6) is -2.66. The maximum absolute atomic E-state index is 13.5. The van der Waals surface area contributed by atoms with Crippen LogP contribution in [0.4, 0.5) is 8.78 Å². The predicted octanol–water partition coefficient (Wildman–Crippen LogP) is 2.22. The molecule has 1 aliphatic rings. The lowest BCUT2D eigenvalue weighted by Gasteiger charge is -2.34. The van der Waals surface area contributed by atoms with Crippen LogP contribution < -0.4 is 10.6 Å². The fourth-order valence-corrected chi connectivity index (χ4v) is 2.45. The van der Waals surface area contributed by atoms with Gasteiger partial charge in [-0.1, -0.05) is 6.07 Å². The normalized spacial score (nSPS) is 27.1. The van der Waals surface area contributed by atoms with Gasteiger partial charge in [0.1, 0.15) is 0 Å². The largest absolute Gasteiger partial charge is 0.348 e. The molecule has 1 saturated heterocycles. The summed E-state index contributed by atoms with van der Waals surface area (Å²) in [6.07, 6.45) is 1.78. The van der Waals surface area contributed by atoms with E-state index in [0.29, 0.717) is 6.04 Å². The average molecular weight is 268 g/mol. The number of nitrogens with one attached hydrogen (secondary N) is 2. The van der Waals surface area contributed by atoms with Crippen molar-refractivity contribution in [2.24, 2.45) is 0 Å². The number of hydrogen-bond acceptors (Lipinski definition) is 2. The smallest absolute Gasteiger partial charge is 0.254 e. The molecule has 5 heteroatoms. The van der Waals surface area contributed by atoms with Crippen LogP contribution >= 0.6 is 0 Å². The number of halogens is 2. The number of benzene rings is 1. The minimum absolute atomic E-state index is 0.0635. The van der Waals surface area contributed by atoms with Crippen LogP contribution in [0.25, 0.3) is 0 Å². The molecule has 0 saturated carbocycles. The van der Waals surface area contributed by atoms with Crippen molar-refractivity contribution in [3.63, 3.8) is 0 Å². The second-order valence-electron chi connectivity index (χ2n) is 5.12. The van der Waals surface area contributed by atoms with E-state index >= 15 is 0 Å². The molecule has 19 heavy (non-hydrogen) atoms. The third-order valence-corrected chi connectivity index (χ3v) is 3.57. The van der Waals surface area contributed by atoms with E-state index in [9.17, 15) is 13.6 Å². The van der Waals surface area contributed by atoms with Crippen LogP contribution in [0.2, 0.25) is 0 Å². The highest BCUT2D eigenvalue weighted by molar-refractivity contribution is 5.94. The number of hydrogen-bond donors (Lipinski definition) is 2. The molecule has 1 heterocycles. The molecule has 3 unspecified atom stereocenters. The van der Waals surface area contributed by atoms with Crippen molar-refractivity contribution >= 4 is 5.91 Å². The maximum Gasteiger partial charge on any atom is 0.254 e. The van der Waals surface area contributed by atoms with E-state index in [0.717, 1.165) is 18.9 Å². The highest BCUT2D eigenvalue weighted by atomic mass is 19.2. The maximum atomic E-state index is 13.5. The van der Waals surface area contributed by atoms with Crippen LogP contribution in [0.3, 0.4) is 0 Å². The fourth-order valence-electron chi connectivity index (χ4n) is 2.45. The van der Waals surface area contributed by atoms with Crippen molar-refractivity contribution in [2.45, 2.75) is 44.8 Å². The summed E-state index contributed by atoms with van der Waals surface area (Å²) in [4.78, 5) is 12.0. The Hall–Kier alpha value is -1.49. The first-order valence-electron chi connectivity index (χ1n) is 6.50. The van der Waals surface area contributed by atoms with Gasteiger partial charge in [-0.15, -0.1) is 0 Å². The molecular weight excluding hydrogens is 250 g/mol. The first-order chi connectivity index (χ1) is 8.99. The second kappa shape index (κ2) is 5.65. The summed E-state index contributed by atoms with van der Waals surface area (Å²) in [6, 6.07) is 4.08. The molecule has 1 aromatic rings. The zero-order valence-electron chi connectivity index (χ0n) is 11.0. The second-order valence-corrected chi connectivity index (χ2v) is 5.12. The zero-order valence-corrected chi connectivity index (χ0v) is 11.0. The molecule has 1 aromatic carbocycles. The van der Waals surface area contributed by atoms with Crippen molar-refractivity contribution < 1.29 is 13.6 Å². The standard InChI is InChI=1S/C14H18F2N2O/c1-8-6-7-12(9(2)17-8)18-14(19)10-4-3-5-11(15)13(10)16/h3-5,8-9,12,17H,6-7H2,1-2H3,(H,18,19). The van der Waals surface area contributed by atoms with E-state index in [1.165, 1.54) is 12.1 Å². The van der Waals surface area contributed by atoms with Gasteiger partial charge in [0, 0.05) is 18.1 Å². The van der Waals surface area contributed by atoms with E-state index in [4.69, 9.17) is 0 Å². The molecule has 1 aliphatic heterocycles. The summed E-state index contributed by atoms with van der Waals surface area (Å²) in [7, 11) is 0. The van der Waals surface area contributed by atoms with Gasteiger partial charge in [0.15, 0.2) is 11.6 Å². The molecule has 0 bridgehead atoms. The lowest BCUT2D eigenvalue weighted by molar-refractivity contribution is 0.0909. The predicted molar refractivity (Wildman–Crippen MR) is 68.9 cm³/mol. The van der Waals surface area contributed by atoms with E-state index in [1.807, 2.05) is 6.92 Å². The monoisotopic (exact) mass is 268 g/mol. The van der Waals surface area contributed by atoms with Crippen LogP contribution in [0.1, 0.15) is 37.0 Å². The van der Waals surface area contributed by atoms with E-state index < -0.39 is 17.5 Å². The Morgan fingerprint density at radius 2 is 2.05 bits per heavy atom. The Bertz CT molecular complexity index is 479. The van der Waals surface area contributed by atoms with Gasteiger partial charge in [-0.05, 0) is 38.8 Å². The molecule has 0 aliphatic carbocycles. The SMILES string of the molecule is CC1CCC(NC(=O)c2cccc(F)c2F)C(C)N1. The van der Waals surface area contributed by atoms with E-state index in [2.05, 4.69) is 17.6 Å². The van der Waals surface area contributed by atoms with Crippen LogP contribution in [0.15, 0.2) is 18.2 Å². The van der Waals surface area contributed by atoms with Gasteiger partial charge >= 0.3 is 0 Å². The number of carbonyl (C=O) groups is 1. The van der Waals surface area contributed by atoms with Gasteiger partial charge in [-0.3, -0.25) is 4.79 Å². The first-order valence-corrected chi connectivity index (χ1v) is 6.50. The molecule has 2 N–H and O–H groups in total. The Balaban J connectivity index is 2.07. The molecule has 3 atom stereocenters. The summed E-state index contributed by atoms with van der Waals surface area (Å²) in [5.41, 5.74) is -0.245. The molecule has 1 fully saturated rings. The minimum Gasteiger partial charge on any atom is -0.348 e. The molecular formula is C14H18F2N2O. The van der Waals surface area contributed by atoms with Gasteiger partial charge in [-0.25, -0.2) is 8.78 Å². The lowest BCUT2D eigenvalue weighted by Crippen LogP contribution is -2.54. The van der Waals surface area contributed by atoms with Crippen LogP contribution in [0, 0.1) is 11.6 Å². The van der Waals surface area contributed by atoms with Crippen LogP contribution in [-0.4, -0.2) is 24.0 Å². The summed E-state index contributed by atoms with van der Waals surface area (Å²) in [6.45, 7) is 4.06. The number of rotatable bonds is 2. The molecule has 0 aromatic heterocycles. The van der Waals surface area contributed by atoms with Crippen molar-refractivity contribution in [3.05, 3.63) is 35.4 Å². The zero-order chi connectivity index (χ0) is 14.0. The van der Waals surface area contributed by atoms with Crippen molar-refractivity contribution in [3.8, 4) is 0 Å². The van der Waals surface area contributed by atoms with Gasteiger partial charge in [0.05, 0.1) is 5.56 Å². The van der Waals surface area contributed by atoms with E-state index in [1.54, 1.807) is 0 Å². The number of piperidine rings is 1. The highest BCUT2D eigenvalue weighted by Crippen LogP contribution is 2.15. The first kappa shape index (κ1) is 13.9. The lowest BCUT2D eigenvalue weighted by atomic mass is 9.95. The number of amides is 1. The number of carbonyl (C=O) groups excluding carboxylic acids is 1. The third-order valence-electron chi connectivity index (χ3n) is 3.57. The average Bonchev–Trinajstić information content (AvgIpc) is 2.36. The van der Waals surface area contributed by atoms with Crippen molar-refractivity contribution in [2.75, 3.05) is 0 Å². The Morgan fingerprint density at radius 1 is 1.32 bits per heavy atom. The molecule has 0 spiro atoms. The summed E-state index contributed by atoms with van der Waals surface area (Å²) in [5, 5.41) is 6.09. The molecule has 3 nitrogen and oxygen atoms in total. The Kier molecular flexibility index (Phi) is 4.14. The quantitative estimate of drug-likeness (QED) is 0.863. The minimum atomic E-state index is -1.09. The van der Waals surface area contributed by atoms with Crippen LogP contribution in [0.5, 0.6) is 0 Å². The molecule has 1 amide bonds.